The number of aliphatic carboxylic acids is 1. The normalized spacial score (nSPS) is 22.9. The molecule has 1 N–H and O–H groups in total. The molecule has 0 bridgehead atoms. The van der Waals surface area contributed by atoms with Gasteiger partial charge in [0.25, 0.3) is 0 Å². The first-order chi connectivity index (χ1) is 8.90. The van der Waals surface area contributed by atoms with E-state index in [1.165, 1.54) is 11.9 Å². The second-order valence-corrected chi connectivity index (χ2v) is 5.50. The summed E-state index contributed by atoms with van der Waals surface area (Å²) in [4.78, 5) is 24.3. The maximum atomic E-state index is 12.0. The van der Waals surface area contributed by atoms with Gasteiger partial charge in [0.1, 0.15) is 6.04 Å². The van der Waals surface area contributed by atoms with Crippen LogP contribution in [0.2, 0.25) is 10.0 Å². The van der Waals surface area contributed by atoms with Crippen molar-refractivity contribution in [2.75, 3.05) is 7.05 Å². The second kappa shape index (κ2) is 5.39. The number of halogens is 2. The van der Waals surface area contributed by atoms with Crippen molar-refractivity contribution in [2.45, 2.75) is 18.9 Å². The van der Waals surface area contributed by atoms with Gasteiger partial charge >= 0.3 is 5.97 Å². The molecule has 0 saturated carbocycles. The summed E-state index contributed by atoms with van der Waals surface area (Å²) >= 11 is 11.8. The van der Waals surface area contributed by atoms with Crippen LogP contribution in [0, 0.1) is 5.92 Å². The number of carboxylic acids is 1. The lowest BCUT2D eigenvalue weighted by atomic mass is 9.96. The standard InChI is InChI=1S/C13H13Cl2NO3/c1-16-11(13(18)19)6-8(12(16)17)4-7-2-3-9(14)10(15)5-7/h2-3,5,8,11H,4,6H2,1H3,(H,18,19). The Balaban J connectivity index is 2.13. The van der Waals surface area contributed by atoms with Gasteiger partial charge in [-0.25, -0.2) is 4.79 Å². The van der Waals surface area contributed by atoms with E-state index < -0.39 is 12.0 Å². The highest BCUT2D eigenvalue weighted by molar-refractivity contribution is 6.42. The summed E-state index contributed by atoms with van der Waals surface area (Å²) in [5.41, 5.74) is 0.882. The van der Waals surface area contributed by atoms with Crippen LogP contribution in [0.25, 0.3) is 0 Å². The fraction of sp³-hybridized carbons (Fsp3) is 0.385. The van der Waals surface area contributed by atoms with Gasteiger partial charge in [-0.2, -0.15) is 0 Å². The zero-order valence-corrected chi connectivity index (χ0v) is 11.8. The van der Waals surface area contributed by atoms with Crippen molar-refractivity contribution in [1.29, 1.82) is 0 Å². The first-order valence-corrected chi connectivity index (χ1v) is 6.59. The van der Waals surface area contributed by atoms with Crippen molar-refractivity contribution in [3.63, 3.8) is 0 Å². The Morgan fingerprint density at radius 1 is 1.42 bits per heavy atom. The van der Waals surface area contributed by atoms with Crippen molar-refractivity contribution in [3.05, 3.63) is 33.8 Å². The van der Waals surface area contributed by atoms with Crippen LogP contribution in [0.1, 0.15) is 12.0 Å². The second-order valence-electron chi connectivity index (χ2n) is 4.69. The minimum absolute atomic E-state index is 0.140. The van der Waals surface area contributed by atoms with Gasteiger partial charge in [-0.1, -0.05) is 29.3 Å². The highest BCUT2D eigenvalue weighted by atomic mass is 35.5. The molecule has 102 valence electrons. The van der Waals surface area contributed by atoms with E-state index in [1.54, 1.807) is 18.2 Å². The highest BCUT2D eigenvalue weighted by Gasteiger charge is 2.40. The van der Waals surface area contributed by atoms with Gasteiger partial charge in [0.05, 0.1) is 10.0 Å². The first kappa shape index (κ1) is 14.2. The van der Waals surface area contributed by atoms with E-state index in [0.29, 0.717) is 22.9 Å². The first-order valence-electron chi connectivity index (χ1n) is 5.83. The monoisotopic (exact) mass is 301 g/mol. The van der Waals surface area contributed by atoms with E-state index in [1.807, 2.05) is 0 Å². The third-order valence-electron chi connectivity index (χ3n) is 3.42. The number of carboxylic acid groups (broad SMARTS) is 1. The molecule has 1 fully saturated rings. The molecule has 4 nitrogen and oxygen atoms in total. The molecule has 1 aliphatic heterocycles. The summed E-state index contributed by atoms with van der Waals surface area (Å²) in [7, 11) is 1.52. The molecule has 2 atom stereocenters. The molecule has 1 aromatic rings. The van der Waals surface area contributed by atoms with Crippen LogP contribution in [-0.4, -0.2) is 35.0 Å². The van der Waals surface area contributed by atoms with Crippen molar-refractivity contribution in [3.8, 4) is 0 Å². The summed E-state index contributed by atoms with van der Waals surface area (Å²) in [6, 6.07) is 4.46. The van der Waals surface area contributed by atoms with Crippen LogP contribution in [0.15, 0.2) is 18.2 Å². The lowest BCUT2D eigenvalue weighted by molar-refractivity contribution is -0.145. The molecule has 1 saturated heterocycles. The molecule has 2 rings (SSSR count). The molecule has 1 aromatic carbocycles. The molecular weight excluding hydrogens is 289 g/mol. The third-order valence-corrected chi connectivity index (χ3v) is 4.16. The molecule has 6 heteroatoms. The van der Waals surface area contributed by atoms with Gasteiger partial charge in [0.15, 0.2) is 0 Å². The number of carbonyl (C=O) groups is 2. The Morgan fingerprint density at radius 3 is 2.63 bits per heavy atom. The average Bonchev–Trinajstić information content (AvgIpc) is 2.62. The lowest BCUT2D eigenvalue weighted by Gasteiger charge is -2.14. The summed E-state index contributed by atoms with van der Waals surface area (Å²) in [6.45, 7) is 0. The number of likely N-dealkylation sites (N-methyl/N-ethyl adjacent to an activating group) is 1. The number of likely N-dealkylation sites (tertiary alicyclic amines) is 1. The largest absolute Gasteiger partial charge is 0.480 e. The highest BCUT2D eigenvalue weighted by Crippen LogP contribution is 2.29. The van der Waals surface area contributed by atoms with Crippen molar-refractivity contribution in [1.82, 2.24) is 4.90 Å². The Hall–Kier alpha value is -1.26. The van der Waals surface area contributed by atoms with Crippen LogP contribution in [-0.2, 0) is 16.0 Å². The number of carbonyl (C=O) groups excluding carboxylic acids is 1. The molecule has 1 amide bonds. The van der Waals surface area contributed by atoms with E-state index in [0.717, 1.165) is 5.56 Å². The Bertz CT molecular complexity index is 533. The van der Waals surface area contributed by atoms with Crippen LogP contribution >= 0.6 is 23.2 Å². The fourth-order valence-corrected chi connectivity index (χ4v) is 2.68. The van der Waals surface area contributed by atoms with Gasteiger partial charge in [-0.3, -0.25) is 4.79 Å². The molecule has 0 aliphatic carbocycles. The third kappa shape index (κ3) is 2.85. The topological polar surface area (TPSA) is 57.6 Å². The molecule has 0 aromatic heterocycles. The van der Waals surface area contributed by atoms with Crippen molar-refractivity contribution in [2.24, 2.45) is 5.92 Å². The van der Waals surface area contributed by atoms with Gasteiger partial charge in [-0.15, -0.1) is 0 Å². The zero-order valence-electron chi connectivity index (χ0n) is 10.3. The van der Waals surface area contributed by atoms with E-state index in [4.69, 9.17) is 28.3 Å². The average molecular weight is 302 g/mol. The number of hydrogen-bond acceptors (Lipinski definition) is 2. The van der Waals surface area contributed by atoms with Crippen LogP contribution in [0.3, 0.4) is 0 Å². The summed E-state index contributed by atoms with van der Waals surface area (Å²) < 4.78 is 0. The van der Waals surface area contributed by atoms with Crippen LogP contribution in [0.4, 0.5) is 0 Å². The maximum absolute atomic E-state index is 12.0. The van der Waals surface area contributed by atoms with Crippen molar-refractivity contribution >= 4 is 35.1 Å². The molecule has 2 unspecified atom stereocenters. The molecular formula is C13H13Cl2NO3. The van der Waals surface area contributed by atoms with Gasteiger partial charge in [-0.05, 0) is 30.5 Å². The predicted octanol–water partition coefficient (Wildman–Crippen LogP) is 2.47. The number of rotatable bonds is 3. The summed E-state index contributed by atoms with van der Waals surface area (Å²) in [5, 5.41) is 9.93. The molecule has 1 heterocycles. The number of hydrogen-bond donors (Lipinski definition) is 1. The predicted molar refractivity (Wildman–Crippen MR) is 72.5 cm³/mol. The quantitative estimate of drug-likeness (QED) is 0.933. The smallest absolute Gasteiger partial charge is 0.326 e. The zero-order chi connectivity index (χ0) is 14.2. The van der Waals surface area contributed by atoms with Crippen LogP contribution < -0.4 is 0 Å². The number of nitrogens with zero attached hydrogens (tertiary/aromatic N) is 1. The molecule has 0 spiro atoms. The van der Waals surface area contributed by atoms with Gasteiger partial charge < -0.3 is 10.0 Å². The van der Waals surface area contributed by atoms with Crippen molar-refractivity contribution < 1.29 is 14.7 Å². The molecule has 19 heavy (non-hydrogen) atoms. The van der Waals surface area contributed by atoms with E-state index in [2.05, 4.69) is 0 Å². The lowest BCUT2D eigenvalue weighted by Crippen LogP contribution is -2.35. The van der Waals surface area contributed by atoms with Crippen LogP contribution in [0.5, 0.6) is 0 Å². The number of benzene rings is 1. The summed E-state index contributed by atoms with van der Waals surface area (Å²) in [5.74, 6) is -1.42. The summed E-state index contributed by atoms with van der Waals surface area (Å²) in [6.07, 6.45) is 0.800. The molecule has 0 radical (unpaired) electrons. The Morgan fingerprint density at radius 2 is 2.11 bits per heavy atom. The van der Waals surface area contributed by atoms with E-state index in [9.17, 15) is 9.59 Å². The fourth-order valence-electron chi connectivity index (χ4n) is 2.36. The number of amides is 1. The van der Waals surface area contributed by atoms with E-state index >= 15 is 0 Å². The minimum atomic E-state index is -0.965. The minimum Gasteiger partial charge on any atom is -0.480 e. The maximum Gasteiger partial charge on any atom is 0.326 e. The molecule has 1 aliphatic rings. The SMILES string of the molecule is CN1C(=O)C(Cc2ccc(Cl)c(Cl)c2)CC1C(=O)O. The Kier molecular flexibility index (Phi) is 4.02. The van der Waals surface area contributed by atoms with Gasteiger partial charge in [0, 0.05) is 13.0 Å². The Labute approximate surface area is 120 Å². The van der Waals surface area contributed by atoms with Gasteiger partial charge in [0.2, 0.25) is 5.91 Å². The van der Waals surface area contributed by atoms with E-state index in [-0.39, 0.29) is 11.8 Å².